The fraction of sp³-hybridized carbons (Fsp3) is 0.455. The lowest BCUT2D eigenvalue weighted by atomic mass is 10.1. The van der Waals surface area contributed by atoms with Gasteiger partial charge in [-0.25, -0.2) is 0 Å². The number of pyridine rings is 1. The minimum Gasteiger partial charge on any atom is -0.469 e. The predicted octanol–water partition coefficient (Wildman–Crippen LogP) is 1.46. The summed E-state index contributed by atoms with van der Waals surface area (Å²) in [6, 6.07) is 1.05. The largest absolute Gasteiger partial charge is 0.573 e. The molecule has 0 fully saturated rings. The average Bonchev–Trinajstić information content (AvgIpc) is 2.31. The van der Waals surface area contributed by atoms with E-state index in [0.717, 1.165) is 6.07 Å². The second kappa shape index (κ2) is 5.87. The molecule has 0 bridgehead atoms. The number of esters is 1. The highest BCUT2D eigenvalue weighted by atomic mass is 19.4. The molecule has 19 heavy (non-hydrogen) atoms. The van der Waals surface area contributed by atoms with E-state index in [4.69, 9.17) is 5.73 Å². The van der Waals surface area contributed by atoms with Gasteiger partial charge >= 0.3 is 12.3 Å². The number of nitrogens with two attached hydrogens (primary N) is 1. The standard InChI is InChI=1S/C11H13F3N2O3/c1-6-8(5-15)16-7(4-10(17)18-2)3-9(6)19-11(12,13)14/h3H,4-5,15H2,1-2H3. The Hall–Kier alpha value is -1.83. The number of carbonyl (C=O) groups is 1. The molecule has 0 aliphatic heterocycles. The van der Waals surface area contributed by atoms with E-state index in [1.54, 1.807) is 0 Å². The van der Waals surface area contributed by atoms with Crippen molar-refractivity contribution in [2.45, 2.75) is 26.3 Å². The van der Waals surface area contributed by atoms with Gasteiger partial charge < -0.3 is 15.2 Å². The third-order valence-electron chi connectivity index (χ3n) is 2.35. The van der Waals surface area contributed by atoms with Gasteiger partial charge in [0, 0.05) is 18.2 Å². The maximum Gasteiger partial charge on any atom is 0.573 e. The number of carbonyl (C=O) groups excluding carboxylic acids is 1. The molecule has 0 spiro atoms. The van der Waals surface area contributed by atoms with Gasteiger partial charge in [-0.15, -0.1) is 13.2 Å². The zero-order valence-corrected chi connectivity index (χ0v) is 10.4. The summed E-state index contributed by atoms with van der Waals surface area (Å²) in [6.45, 7) is 1.35. The maximum atomic E-state index is 12.3. The summed E-state index contributed by atoms with van der Waals surface area (Å²) in [4.78, 5) is 15.1. The second-order valence-electron chi connectivity index (χ2n) is 3.69. The monoisotopic (exact) mass is 278 g/mol. The van der Waals surface area contributed by atoms with Gasteiger partial charge in [0.15, 0.2) is 0 Å². The van der Waals surface area contributed by atoms with E-state index < -0.39 is 18.1 Å². The highest BCUT2D eigenvalue weighted by Gasteiger charge is 2.32. The van der Waals surface area contributed by atoms with Gasteiger partial charge in [0.25, 0.3) is 0 Å². The van der Waals surface area contributed by atoms with Crippen molar-refractivity contribution < 1.29 is 27.4 Å². The lowest BCUT2D eigenvalue weighted by Gasteiger charge is -2.14. The number of methoxy groups -OCH3 is 1. The van der Waals surface area contributed by atoms with Crippen LogP contribution in [-0.4, -0.2) is 24.4 Å². The van der Waals surface area contributed by atoms with Gasteiger partial charge in [0.1, 0.15) is 5.75 Å². The fourth-order valence-corrected chi connectivity index (χ4v) is 1.43. The first-order valence-electron chi connectivity index (χ1n) is 5.29. The third kappa shape index (κ3) is 4.40. The number of hydrogen-bond acceptors (Lipinski definition) is 5. The van der Waals surface area contributed by atoms with Crippen molar-refractivity contribution in [1.29, 1.82) is 0 Å². The van der Waals surface area contributed by atoms with Crippen molar-refractivity contribution in [3.63, 3.8) is 0 Å². The Morgan fingerprint density at radius 3 is 2.58 bits per heavy atom. The van der Waals surface area contributed by atoms with E-state index in [-0.39, 0.29) is 29.9 Å². The summed E-state index contributed by atoms with van der Waals surface area (Å²) in [5, 5.41) is 0. The third-order valence-corrected chi connectivity index (χ3v) is 2.35. The van der Waals surface area contributed by atoms with Gasteiger partial charge in [0.2, 0.25) is 0 Å². The lowest BCUT2D eigenvalue weighted by Crippen LogP contribution is -2.19. The second-order valence-corrected chi connectivity index (χ2v) is 3.69. The van der Waals surface area contributed by atoms with Crippen molar-refractivity contribution in [2.24, 2.45) is 5.73 Å². The lowest BCUT2D eigenvalue weighted by molar-refractivity contribution is -0.274. The molecule has 0 aromatic carbocycles. The number of alkyl halides is 3. The minimum atomic E-state index is -4.82. The molecule has 5 nitrogen and oxygen atoms in total. The minimum absolute atomic E-state index is 0.0605. The van der Waals surface area contributed by atoms with Crippen molar-refractivity contribution in [2.75, 3.05) is 7.11 Å². The van der Waals surface area contributed by atoms with Crippen LogP contribution in [0, 0.1) is 6.92 Å². The van der Waals surface area contributed by atoms with Crippen LogP contribution in [0.15, 0.2) is 6.07 Å². The first kappa shape index (κ1) is 15.2. The van der Waals surface area contributed by atoms with Crippen molar-refractivity contribution in [3.8, 4) is 5.75 Å². The highest BCUT2D eigenvalue weighted by Crippen LogP contribution is 2.28. The molecule has 0 saturated carbocycles. The summed E-state index contributed by atoms with van der Waals surface area (Å²) < 4.78 is 45.1. The van der Waals surface area contributed by atoms with Crippen LogP contribution in [0.3, 0.4) is 0 Å². The molecule has 1 rings (SSSR count). The quantitative estimate of drug-likeness (QED) is 0.844. The van der Waals surface area contributed by atoms with Gasteiger partial charge in [-0.2, -0.15) is 0 Å². The van der Waals surface area contributed by atoms with E-state index in [1.807, 2.05) is 0 Å². The van der Waals surface area contributed by atoms with Gasteiger partial charge in [-0.3, -0.25) is 9.78 Å². The van der Waals surface area contributed by atoms with Crippen LogP contribution in [0.1, 0.15) is 17.0 Å². The molecular formula is C11H13F3N2O3. The van der Waals surface area contributed by atoms with Crippen LogP contribution in [0.5, 0.6) is 5.75 Å². The van der Waals surface area contributed by atoms with Gasteiger partial charge in [-0.1, -0.05) is 0 Å². The number of hydrogen-bond donors (Lipinski definition) is 1. The van der Waals surface area contributed by atoms with Gasteiger partial charge in [0.05, 0.1) is 24.9 Å². The summed E-state index contributed by atoms with van der Waals surface area (Å²) >= 11 is 0. The predicted molar refractivity (Wildman–Crippen MR) is 59.3 cm³/mol. The fourth-order valence-electron chi connectivity index (χ4n) is 1.43. The van der Waals surface area contributed by atoms with E-state index in [9.17, 15) is 18.0 Å². The Bertz CT molecular complexity index is 475. The zero-order chi connectivity index (χ0) is 14.6. The molecule has 0 saturated heterocycles. The molecule has 0 aliphatic rings. The zero-order valence-electron chi connectivity index (χ0n) is 10.4. The van der Waals surface area contributed by atoms with Crippen molar-refractivity contribution in [3.05, 3.63) is 23.0 Å². The summed E-state index contributed by atoms with van der Waals surface area (Å²) in [5.41, 5.74) is 5.93. The summed E-state index contributed by atoms with van der Waals surface area (Å²) in [6.07, 6.45) is -5.07. The molecule has 2 N–H and O–H groups in total. The van der Waals surface area contributed by atoms with Crippen LogP contribution < -0.4 is 10.5 Å². The number of aromatic nitrogens is 1. The van der Waals surface area contributed by atoms with Crippen molar-refractivity contribution in [1.82, 2.24) is 4.98 Å². The molecule has 0 atom stereocenters. The van der Waals surface area contributed by atoms with Crippen LogP contribution >= 0.6 is 0 Å². The first-order chi connectivity index (χ1) is 8.76. The molecule has 0 aliphatic carbocycles. The van der Waals surface area contributed by atoms with Gasteiger partial charge in [-0.05, 0) is 6.92 Å². The van der Waals surface area contributed by atoms with E-state index in [0.29, 0.717) is 0 Å². The Labute approximate surface area is 107 Å². The number of rotatable bonds is 4. The SMILES string of the molecule is COC(=O)Cc1cc(OC(F)(F)F)c(C)c(CN)n1. The molecule has 1 aromatic heterocycles. The topological polar surface area (TPSA) is 74.4 Å². The molecule has 0 unspecified atom stereocenters. The molecule has 8 heteroatoms. The molecule has 106 valence electrons. The van der Waals surface area contributed by atoms with Crippen LogP contribution in [0.2, 0.25) is 0 Å². The average molecular weight is 278 g/mol. The Morgan fingerprint density at radius 1 is 1.47 bits per heavy atom. The van der Waals surface area contributed by atoms with Crippen molar-refractivity contribution >= 4 is 5.97 Å². The first-order valence-corrected chi connectivity index (χ1v) is 5.29. The molecular weight excluding hydrogens is 265 g/mol. The molecule has 1 aromatic rings. The number of ether oxygens (including phenoxy) is 2. The number of halogens is 3. The van der Waals surface area contributed by atoms with Crippen LogP contribution in [0.25, 0.3) is 0 Å². The summed E-state index contributed by atoms with van der Waals surface area (Å²) in [5.74, 6) is -1.03. The number of nitrogens with zero attached hydrogens (tertiary/aromatic N) is 1. The smallest absolute Gasteiger partial charge is 0.469 e. The molecule has 0 amide bonds. The summed E-state index contributed by atoms with van der Waals surface area (Å²) in [7, 11) is 1.17. The Kier molecular flexibility index (Phi) is 4.71. The molecule has 1 heterocycles. The highest BCUT2D eigenvalue weighted by molar-refractivity contribution is 5.72. The Morgan fingerprint density at radius 2 is 2.11 bits per heavy atom. The normalized spacial score (nSPS) is 11.3. The van der Waals surface area contributed by atoms with E-state index in [1.165, 1.54) is 14.0 Å². The van der Waals surface area contributed by atoms with Crippen LogP contribution in [-0.2, 0) is 22.5 Å². The maximum absolute atomic E-state index is 12.3. The van der Waals surface area contributed by atoms with E-state index in [2.05, 4.69) is 14.5 Å². The van der Waals surface area contributed by atoms with Crippen LogP contribution in [0.4, 0.5) is 13.2 Å². The van der Waals surface area contributed by atoms with E-state index >= 15 is 0 Å². The Balaban J connectivity index is 3.14. The molecule has 0 radical (unpaired) electrons.